The van der Waals surface area contributed by atoms with Crippen molar-refractivity contribution in [1.82, 2.24) is 9.55 Å². The summed E-state index contributed by atoms with van der Waals surface area (Å²) in [5.41, 5.74) is 9.31. The molecule has 3 rings (SSSR count). The van der Waals surface area contributed by atoms with Gasteiger partial charge in [-0.2, -0.15) is 0 Å². The van der Waals surface area contributed by atoms with Crippen molar-refractivity contribution in [2.45, 2.75) is 58.0 Å². The van der Waals surface area contributed by atoms with Crippen LogP contribution in [0.15, 0.2) is 18.2 Å². The number of fused-ring (bicyclic) bond motifs is 1. The number of nitrogens with zero attached hydrogens (tertiary/aromatic N) is 2. The van der Waals surface area contributed by atoms with Crippen molar-refractivity contribution in [3.63, 3.8) is 0 Å². The standard InChI is InChI=1S/C16H23N3/c1-3-4-11(2)16-18-14-9-12(10-17)5-8-15(14)19(16)13-6-7-13/h5,8-9,11,13H,3-4,6-7,10,17H2,1-2H3. The highest BCUT2D eigenvalue weighted by atomic mass is 15.1. The van der Waals surface area contributed by atoms with Crippen molar-refractivity contribution in [2.24, 2.45) is 5.73 Å². The molecule has 0 bridgehead atoms. The highest BCUT2D eigenvalue weighted by Gasteiger charge is 2.29. The van der Waals surface area contributed by atoms with E-state index < -0.39 is 0 Å². The third-order valence-electron chi connectivity index (χ3n) is 4.09. The van der Waals surface area contributed by atoms with Crippen LogP contribution < -0.4 is 5.73 Å². The first-order chi connectivity index (χ1) is 9.24. The average molecular weight is 257 g/mol. The first-order valence-electron chi connectivity index (χ1n) is 7.45. The van der Waals surface area contributed by atoms with Gasteiger partial charge in [0.05, 0.1) is 11.0 Å². The molecule has 1 atom stereocenters. The number of hydrogen-bond donors (Lipinski definition) is 1. The Hall–Kier alpha value is -1.35. The zero-order valence-corrected chi connectivity index (χ0v) is 11.9. The van der Waals surface area contributed by atoms with E-state index in [1.165, 1.54) is 42.6 Å². The summed E-state index contributed by atoms with van der Waals surface area (Å²) in [5, 5.41) is 0. The Morgan fingerprint density at radius 1 is 1.42 bits per heavy atom. The Morgan fingerprint density at radius 3 is 2.84 bits per heavy atom. The smallest absolute Gasteiger partial charge is 0.112 e. The largest absolute Gasteiger partial charge is 0.326 e. The summed E-state index contributed by atoms with van der Waals surface area (Å²) in [4.78, 5) is 4.91. The molecular formula is C16H23N3. The van der Waals surface area contributed by atoms with Gasteiger partial charge in [-0.1, -0.05) is 26.3 Å². The van der Waals surface area contributed by atoms with E-state index in [-0.39, 0.29) is 0 Å². The van der Waals surface area contributed by atoms with Crippen molar-refractivity contribution < 1.29 is 0 Å². The summed E-state index contributed by atoms with van der Waals surface area (Å²) in [5.74, 6) is 1.81. The second-order valence-corrected chi connectivity index (χ2v) is 5.79. The van der Waals surface area contributed by atoms with Gasteiger partial charge < -0.3 is 10.3 Å². The number of hydrogen-bond acceptors (Lipinski definition) is 2. The number of benzene rings is 1. The molecule has 1 aromatic heterocycles. The van der Waals surface area contributed by atoms with Crippen LogP contribution in [-0.2, 0) is 6.54 Å². The van der Waals surface area contributed by atoms with Gasteiger partial charge in [0.15, 0.2) is 0 Å². The molecule has 1 aromatic carbocycles. The molecule has 1 saturated carbocycles. The average Bonchev–Trinajstić information content (AvgIpc) is 3.18. The molecule has 3 nitrogen and oxygen atoms in total. The lowest BCUT2D eigenvalue weighted by Crippen LogP contribution is -2.05. The molecular weight excluding hydrogens is 234 g/mol. The maximum Gasteiger partial charge on any atom is 0.112 e. The maximum atomic E-state index is 5.73. The van der Waals surface area contributed by atoms with E-state index in [4.69, 9.17) is 10.7 Å². The third kappa shape index (κ3) is 2.27. The monoisotopic (exact) mass is 257 g/mol. The Labute approximate surface area is 114 Å². The van der Waals surface area contributed by atoms with Crippen LogP contribution in [0.5, 0.6) is 0 Å². The molecule has 0 amide bonds. The van der Waals surface area contributed by atoms with Crippen molar-refractivity contribution in [1.29, 1.82) is 0 Å². The molecule has 1 fully saturated rings. The topological polar surface area (TPSA) is 43.8 Å². The highest BCUT2D eigenvalue weighted by molar-refractivity contribution is 5.77. The molecule has 1 unspecified atom stereocenters. The van der Waals surface area contributed by atoms with Crippen LogP contribution >= 0.6 is 0 Å². The molecule has 0 saturated heterocycles. The second-order valence-electron chi connectivity index (χ2n) is 5.79. The fourth-order valence-corrected chi connectivity index (χ4v) is 2.92. The van der Waals surface area contributed by atoms with Gasteiger partial charge in [0.2, 0.25) is 0 Å². The van der Waals surface area contributed by atoms with Crippen molar-refractivity contribution in [3.05, 3.63) is 29.6 Å². The molecule has 2 aromatic rings. The summed E-state index contributed by atoms with van der Waals surface area (Å²) < 4.78 is 2.48. The van der Waals surface area contributed by atoms with Crippen LogP contribution in [0.25, 0.3) is 11.0 Å². The lowest BCUT2D eigenvalue weighted by atomic mass is 10.1. The van der Waals surface area contributed by atoms with Gasteiger partial charge in [-0.3, -0.25) is 0 Å². The van der Waals surface area contributed by atoms with E-state index in [0.29, 0.717) is 18.5 Å². The lowest BCUT2D eigenvalue weighted by molar-refractivity contribution is 0.580. The van der Waals surface area contributed by atoms with Crippen LogP contribution in [-0.4, -0.2) is 9.55 Å². The quantitative estimate of drug-likeness (QED) is 0.887. The molecule has 1 aliphatic rings. The van der Waals surface area contributed by atoms with E-state index in [1.54, 1.807) is 0 Å². The van der Waals surface area contributed by atoms with Gasteiger partial charge in [0.1, 0.15) is 5.82 Å². The SMILES string of the molecule is CCCC(C)c1nc2cc(CN)ccc2n1C1CC1. The minimum atomic E-state index is 0.541. The van der Waals surface area contributed by atoms with E-state index in [2.05, 4.69) is 36.6 Å². The molecule has 0 spiro atoms. The van der Waals surface area contributed by atoms with Crippen molar-refractivity contribution in [2.75, 3.05) is 0 Å². The molecule has 19 heavy (non-hydrogen) atoms. The van der Waals surface area contributed by atoms with E-state index in [0.717, 1.165) is 5.52 Å². The Bertz CT molecular complexity index is 581. The number of rotatable bonds is 5. The van der Waals surface area contributed by atoms with E-state index >= 15 is 0 Å². The third-order valence-corrected chi connectivity index (χ3v) is 4.09. The lowest BCUT2D eigenvalue weighted by Gasteiger charge is -2.13. The number of imidazole rings is 1. The van der Waals surface area contributed by atoms with Crippen LogP contribution in [0, 0.1) is 0 Å². The number of aromatic nitrogens is 2. The minimum absolute atomic E-state index is 0.541. The second kappa shape index (κ2) is 4.97. The maximum absolute atomic E-state index is 5.73. The predicted octanol–water partition coefficient (Wildman–Crippen LogP) is 3.73. The van der Waals surface area contributed by atoms with Gasteiger partial charge in [0.25, 0.3) is 0 Å². The van der Waals surface area contributed by atoms with E-state index in [1.807, 2.05) is 0 Å². The predicted molar refractivity (Wildman–Crippen MR) is 79.2 cm³/mol. The Balaban J connectivity index is 2.11. The molecule has 0 radical (unpaired) electrons. The van der Waals surface area contributed by atoms with Crippen LogP contribution in [0.4, 0.5) is 0 Å². The van der Waals surface area contributed by atoms with Gasteiger partial charge in [-0.25, -0.2) is 4.98 Å². The Morgan fingerprint density at radius 2 is 2.21 bits per heavy atom. The van der Waals surface area contributed by atoms with Crippen LogP contribution in [0.1, 0.15) is 62.9 Å². The van der Waals surface area contributed by atoms with E-state index in [9.17, 15) is 0 Å². The molecule has 2 N–H and O–H groups in total. The highest BCUT2D eigenvalue weighted by Crippen LogP contribution is 2.40. The van der Waals surface area contributed by atoms with Crippen LogP contribution in [0.2, 0.25) is 0 Å². The van der Waals surface area contributed by atoms with Crippen molar-refractivity contribution >= 4 is 11.0 Å². The van der Waals surface area contributed by atoms with Gasteiger partial charge in [-0.15, -0.1) is 0 Å². The molecule has 1 aliphatic carbocycles. The molecule has 0 aliphatic heterocycles. The summed E-state index contributed by atoms with van der Waals surface area (Å²) >= 11 is 0. The molecule has 1 heterocycles. The normalized spacial score (nSPS) is 17.0. The van der Waals surface area contributed by atoms with Gasteiger partial charge >= 0.3 is 0 Å². The fraction of sp³-hybridized carbons (Fsp3) is 0.562. The summed E-state index contributed by atoms with van der Waals surface area (Å²) in [6.07, 6.45) is 5.02. The summed E-state index contributed by atoms with van der Waals surface area (Å²) in [6, 6.07) is 7.17. The number of nitrogens with two attached hydrogens (primary N) is 1. The van der Waals surface area contributed by atoms with Crippen LogP contribution in [0.3, 0.4) is 0 Å². The first-order valence-corrected chi connectivity index (χ1v) is 7.45. The Kier molecular flexibility index (Phi) is 3.31. The zero-order valence-electron chi connectivity index (χ0n) is 11.9. The first kappa shape index (κ1) is 12.7. The molecule has 3 heteroatoms. The van der Waals surface area contributed by atoms with Gasteiger partial charge in [-0.05, 0) is 37.0 Å². The summed E-state index contributed by atoms with van der Waals surface area (Å²) in [7, 11) is 0. The fourth-order valence-electron chi connectivity index (χ4n) is 2.92. The van der Waals surface area contributed by atoms with Crippen molar-refractivity contribution in [3.8, 4) is 0 Å². The molecule has 102 valence electrons. The minimum Gasteiger partial charge on any atom is -0.326 e. The zero-order chi connectivity index (χ0) is 13.4. The van der Waals surface area contributed by atoms with Gasteiger partial charge in [0, 0.05) is 18.5 Å². The summed E-state index contributed by atoms with van der Waals surface area (Å²) in [6.45, 7) is 5.13.